The van der Waals surface area contributed by atoms with Gasteiger partial charge in [-0.15, -0.1) is 25.6 Å². The molecule has 1 saturated heterocycles. The molecule has 1 aliphatic carbocycles. The maximum Gasteiger partial charge on any atom is 0.573 e. The predicted molar refractivity (Wildman–Crippen MR) is 102 cm³/mol. The molecule has 3 rings (SSSR count). The van der Waals surface area contributed by atoms with E-state index in [0.29, 0.717) is 10.4 Å². The number of ether oxygens (including phenoxy) is 1. The molecule has 1 aromatic rings. The first kappa shape index (κ1) is 21.8. The van der Waals surface area contributed by atoms with Crippen LogP contribution in [0.25, 0.3) is 0 Å². The molecule has 1 aliphatic heterocycles. The highest BCUT2D eigenvalue weighted by molar-refractivity contribution is 9.10. The Morgan fingerprint density at radius 3 is 2.35 bits per heavy atom. The van der Waals surface area contributed by atoms with E-state index in [1.807, 2.05) is 6.07 Å². The Morgan fingerprint density at radius 1 is 1.08 bits per heavy atom. The van der Waals surface area contributed by atoms with Crippen LogP contribution in [0.1, 0.15) is 43.7 Å². The van der Waals surface area contributed by atoms with Crippen molar-refractivity contribution in [3.05, 3.63) is 28.2 Å². The van der Waals surface area contributed by atoms with Crippen molar-refractivity contribution in [2.45, 2.75) is 44.5 Å². The maximum atomic E-state index is 12.7. The number of hydrogen-bond acceptors (Lipinski definition) is 3. The van der Waals surface area contributed by atoms with Crippen LogP contribution in [0, 0.1) is 5.92 Å². The summed E-state index contributed by atoms with van der Waals surface area (Å²) in [4.78, 5) is 2.42. The number of nitrogens with zero attached hydrogens (tertiary/aromatic N) is 1. The average Bonchev–Trinajstić information content (AvgIpc) is 2.55. The molecule has 0 amide bonds. The van der Waals surface area contributed by atoms with E-state index in [9.17, 15) is 13.2 Å². The first-order valence-corrected chi connectivity index (χ1v) is 9.73. The van der Waals surface area contributed by atoms with Gasteiger partial charge in [0.15, 0.2) is 0 Å². The van der Waals surface area contributed by atoms with Gasteiger partial charge in [-0.2, -0.15) is 0 Å². The number of nitrogens with one attached hydrogen (secondary N) is 1. The minimum absolute atomic E-state index is 0. The molecule has 0 radical (unpaired) electrons. The molecule has 1 atom stereocenters. The number of piperazine rings is 1. The minimum atomic E-state index is -4.67. The zero-order chi connectivity index (χ0) is 17.9. The predicted octanol–water partition coefficient (Wildman–Crippen LogP) is 5.30. The molecule has 2 aliphatic rings. The Labute approximate surface area is 167 Å². The standard InChI is InChI=1S/C18H24BrF3N2O.ClH/c19-15-10-14(11-16(12-15)25-18(20,21)22)17(13-4-2-1-3-5-13)24-8-6-23-7-9-24;/h10-13,17,23H,1-9H2;1H/t17-;/m1./s1. The van der Waals surface area contributed by atoms with Gasteiger partial charge in [0, 0.05) is 36.7 Å². The lowest BCUT2D eigenvalue weighted by atomic mass is 9.80. The van der Waals surface area contributed by atoms with E-state index in [1.54, 1.807) is 6.07 Å². The number of alkyl halides is 3. The van der Waals surface area contributed by atoms with Gasteiger partial charge in [0.2, 0.25) is 0 Å². The lowest BCUT2D eigenvalue weighted by Gasteiger charge is -2.41. The number of rotatable bonds is 4. The summed E-state index contributed by atoms with van der Waals surface area (Å²) < 4.78 is 42.8. The molecule has 26 heavy (non-hydrogen) atoms. The van der Waals surface area contributed by atoms with Crippen molar-refractivity contribution in [1.29, 1.82) is 0 Å². The van der Waals surface area contributed by atoms with Crippen LogP contribution in [-0.4, -0.2) is 37.4 Å². The molecule has 1 saturated carbocycles. The van der Waals surface area contributed by atoms with Crippen molar-refractivity contribution in [3.8, 4) is 5.75 Å². The Bertz CT molecular complexity index is 558. The van der Waals surface area contributed by atoms with Gasteiger partial charge in [-0.05, 0) is 42.5 Å². The summed E-state index contributed by atoms with van der Waals surface area (Å²) in [5.74, 6) is 0.340. The van der Waals surface area contributed by atoms with Crippen molar-refractivity contribution < 1.29 is 17.9 Å². The van der Waals surface area contributed by atoms with Gasteiger partial charge >= 0.3 is 6.36 Å². The third kappa shape index (κ3) is 6.01. The summed E-state index contributed by atoms with van der Waals surface area (Å²) in [7, 11) is 0. The van der Waals surface area contributed by atoms with Gasteiger partial charge < -0.3 is 10.1 Å². The van der Waals surface area contributed by atoms with E-state index in [2.05, 4.69) is 30.9 Å². The molecular weight excluding hydrogens is 433 g/mol. The topological polar surface area (TPSA) is 24.5 Å². The van der Waals surface area contributed by atoms with E-state index < -0.39 is 6.36 Å². The van der Waals surface area contributed by atoms with Crippen molar-refractivity contribution in [1.82, 2.24) is 10.2 Å². The van der Waals surface area contributed by atoms with E-state index >= 15 is 0 Å². The van der Waals surface area contributed by atoms with Gasteiger partial charge in [0.25, 0.3) is 0 Å². The van der Waals surface area contributed by atoms with Gasteiger partial charge in [-0.3, -0.25) is 4.90 Å². The molecule has 1 N–H and O–H groups in total. The van der Waals surface area contributed by atoms with Gasteiger partial charge in [-0.1, -0.05) is 35.2 Å². The maximum absolute atomic E-state index is 12.7. The molecule has 2 fully saturated rings. The molecule has 0 bridgehead atoms. The molecule has 0 unspecified atom stereocenters. The van der Waals surface area contributed by atoms with Crippen LogP contribution in [0.4, 0.5) is 13.2 Å². The van der Waals surface area contributed by atoms with Gasteiger partial charge in [0.05, 0.1) is 0 Å². The van der Waals surface area contributed by atoms with Crippen molar-refractivity contribution in [2.24, 2.45) is 5.92 Å². The van der Waals surface area contributed by atoms with Crippen LogP contribution >= 0.6 is 28.3 Å². The lowest BCUT2D eigenvalue weighted by Crippen LogP contribution is -2.47. The molecule has 1 heterocycles. The Morgan fingerprint density at radius 2 is 1.73 bits per heavy atom. The van der Waals surface area contributed by atoms with E-state index in [4.69, 9.17) is 0 Å². The number of hydrogen-bond donors (Lipinski definition) is 1. The zero-order valence-corrected chi connectivity index (χ0v) is 16.9. The summed E-state index contributed by atoms with van der Waals surface area (Å²) in [6.07, 6.45) is 1.26. The minimum Gasteiger partial charge on any atom is -0.406 e. The highest BCUT2D eigenvalue weighted by Crippen LogP contribution is 2.41. The molecule has 148 valence electrons. The molecule has 8 heteroatoms. The average molecular weight is 458 g/mol. The van der Waals surface area contributed by atoms with E-state index in [-0.39, 0.29) is 24.2 Å². The van der Waals surface area contributed by atoms with Crippen LogP contribution in [0.5, 0.6) is 5.75 Å². The summed E-state index contributed by atoms with van der Waals surface area (Å²) >= 11 is 3.36. The fourth-order valence-electron chi connectivity index (χ4n) is 4.14. The summed E-state index contributed by atoms with van der Waals surface area (Å²) in [5.41, 5.74) is 0.919. The third-order valence-corrected chi connectivity index (χ3v) is 5.57. The van der Waals surface area contributed by atoms with Gasteiger partial charge in [-0.25, -0.2) is 0 Å². The first-order valence-electron chi connectivity index (χ1n) is 8.93. The lowest BCUT2D eigenvalue weighted by molar-refractivity contribution is -0.274. The summed E-state index contributed by atoms with van der Waals surface area (Å²) in [6, 6.07) is 5.05. The number of halogens is 5. The summed E-state index contributed by atoms with van der Waals surface area (Å²) in [6.45, 7) is 3.68. The SMILES string of the molecule is Cl.FC(F)(F)Oc1cc(Br)cc([C@@H](C2CCCCC2)N2CCNCC2)c1. The van der Waals surface area contributed by atoms with Crippen LogP contribution < -0.4 is 10.1 Å². The monoisotopic (exact) mass is 456 g/mol. The molecular formula is C18H25BrClF3N2O. The second-order valence-electron chi connectivity index (χ2n) is 6.90. The summed E-state index contributed by atoms with van der Waals surface area (Å²) in [5, 5.41) is 3.35. The van der Waals surface area contributed by atoms with Crippen LogP contribution in [-0.2, 0) is 0 Å². The van der Waals surface area contributed by atoms with Crippen LogP contribution in [0.15, 0.2) is 22.7 Å². The Kier molecular flexibility index (Phi) is 8.07. The Hall–Kier alpha value is -0.500. The van der Waals surface area contributed by atoms with Crippen molar-refractivity contribution in [3.63, 3.8) is 0 Å². The van der Waals surface area contributed by atoms with Crippen molar-refractivity contribution >= 4 is 28.3 Å². The fourth-order valence-corrected chi connectivity index (χ4v) is 4.63. The normalized spacial score (nSPS) is 21.1. The molecule has 3 nitrogen and oxygen atoms in total. The highest BCUT2D eigenvalue weighted by atomic mass is 79.9. The molecule has 0 aromatic heterocycles. The van der Waals surface area contributed by atoms with E-state index in [0.717, 1.165) is 44.6 Å². The first-order chi connectivity index (χ1) is 11.9. The largest absolute Gasteiger partial charge is 0.573 e. The number of benzene rings is 1. The third-order valence-electron chi connectivity index (χ3n) is 5.11. The van der Waals surface area contributed by atoms with Crippen LogP contribution in [0.3, 0.4) is 0 Å². The molecule has 1 aromatic carbocycles. The molecule has 0 spiro atoms. The second kappa shape index (κ2) is 9.62. The second-order valence-corrected chi connectivity index (χ2v) is 7.81. The van der Waals surface area contributed by atoms with Crippen LogP contribution in [0.2, 0.25) is 0 Å². The zero-order valence-electron chi connectivity index (χ0n) is 14.5. The Balaban J connectivity index is 0.00000243. The van der Waals surface area contributed by atoms with Crippen molar-refractivity contribution in [2.75, 3.05) is 26.2 Å². The highest BCUT2D eigenvalue weighted by Gasteiger charge is 2.34. The van der Waals surface area contributed by atoms with Gasteiger partial charge in [0.1, 0.15) is 5.75 Å². The van der Waals surface area contributed by atoms with E-state index in [1.165, 1.54) is 25.3 Å². The fraction of sp³-hybridized carbons (Fsp3) is 0.667. The quantitative estimate of drug-likeness (QED) is 0.664. The smallest absolute Gasteiger partial charge is 0.406 e.